The minimum Gasteiger partial charge on any atom is -0.481 e. The molecule has 24 heavy (non-hydrogen) atoms. The average molecular weight is 346 g/mol. The van der Waals surface area contributed by atoms with E-state index in [1.165, 1.54) is 19.5 Å². The molecule has 0 atom stereocenters. The van der Waals surface area contributed by atoms with E-state index in [4.69, 9.17) is 16.3 Å². The molecule has 1 aliphatic rings. The highest BCUT2D eigenvalue weighted by Gasteiger charge is 2.27. The second kappa shape index (κ2) is 5.83. The molecule has 0 amide bonds. The van der Waals surface area contributed by atoms with E-state index in [1.807, 2.05) is 6.20 Å². The number of ether oxygens (including phenoxy) is 1. The zero-order valence-electron chi connectivity index (χ0n) is 12.8. The Morgan fingerprint density at radius 1 is 1.29 bits per heavy atom. The highest BCUT2D eigenvalue weighted by Crippen LogP contribution is 2.39. The Balaban J connectivity index is 1.88. The molecule has 3 aromatic rings. The van der Waals surface area contributed by atoms with E-state index in [0.29, 0.717) is 23.2 Å². The summed E-state index contributed by atoms with van der Waals surface area (Å²) in [6, 6.07) is 4.74. The van der Waals surface area contributed by atoms with Gasteiger partial charge in [-0.3, -0.25) is 0 Å². The van der Waals surface area contributed by atoms with Crippen molar-refractivity contribution in [1.29, 1.82) is 0 Å². The van der Waals surface area contributed by atoms with Crippen molar-refractivity contribution in [1.82, 2.24) is 25.0 Å². The molecule has 1 fully saturated rings. The molecule has 2 heterocycles. The van der Waals surface area contributed by atoms with E-state index in [-0.39, 0.29) is 10.6 Å². The Bertz CT molecular complexity index is 909. The fourth-order valence-electron chi connectivity index (χ4n) is 2.52. The molecule has 0 N–H and O–H groups in total. The first-order valence-electron chi connectivity index (χ1n) is 7.44. The Morgan fingerprint density at radius 2 is 2.12 bits per heavy atom. The predicted molar refractivity (Wildman–Crippen MR) is 85.9 cm³/mol. The molecule has 2 aromatic heterocycles. The fourth-order valence-corrected chi connectivity index (χ4v) is 2.68. The number of rotatable bonds is 4. The summed E-state index contributed by atoms with van der Waals surface area (Å²) in [7, 11) is 1.49. The summed E-state index contributed by atoms with van der Waals surface area (Å²) >= 11 is 5.97. The Kier molecular flexibility index (Phi) is 3.65. The van der Waals surface area contributed by atoms with Crippen molar-refractivity contribution in [3.05, 3.63) is 47.3 Å². The van der Waals surface area contributed by atoms with Crippen LogP contribution >= 0.6 is 11.6 Å². The van der Waals surface area contributed by atoms with Crippen molar-refractivity contribution in [2.75, 3.05) is 7.11 Å². The van der Waals surface area contributed by atoms with Crippen molar-refractivity contribution >= 4 is 11.6 Å². The first-order chi connectivity index (χ1) is 11.7. The maximum atomic E-state index is 14.8. The number of hydrogen-bond acceptors (Lipinski definition) is 5. The molecule has 8 heteroatoms. The van der Waals surface area contributed by atoms with Crippen LogP contribution in [0.1, 0.15) is 24.5 Å². The van der Waals surface area contributed by atoms with Crippen LogP contribution in [0.3, 0.4) is 0 Å². The van der Waals surface area contributed by atoms with Crippen LogP contribution in [0.2, 0.25) is 5.02 Å². The molecule has 0 bridgehead atoms. The van der Waals surface area contributed by atoms with Gasteiger partial charge in [0.25, 0.3) is 0 Å². The molecule has 0 aliphatic heterocycles. The maximum absolute atomic E-state index is 14.8. The second-order valence-electron chi connectivity index (χ2n) is 5.56. The number of nitrogens with zero attached hydrogens (tertiary/aromatic N) is 5. The maximum Gasteiger partial charge on any atom is 0.216 e. The minimum atomic E-state index is -0.571. The van der Waals surface area contributed by atoms with Gasteiger partial charge in [-0.15, -0.1) is 5.10 Å². The molecular weight excluding hydrogens is 333 g/mol. The highest BCUT2D eigenvalue weighted by molar-refractivity contribution is 6.31. The lowest BCUT2D eigenvalue weighted by Crippen LogP contribution is -2.02. The van der Waals surface area contributed by atoms with Gasteiger partial charge in [0.2, 0.25) is 5.88 Å². The molecule has 1 aliphatic carbocycles. The van der Waals surface area contributed by atoms with Gasteiger partial charge in [-0.25, -0.2) is 19.0 Å². The van der Waals surface area contributed by atoms with Gasteiger partial charge in [-0.05, 0) is 25.0 Å². The number of methoxy groups -OCH3 is 1. The van der Waals surface area contributed by atoms with Crippen molar-refractivity contribution < 1.29 is 9.13 Å². The normalized spacial score (nSPS) is 14.0. The molecular formula is C16H13ClFN5O. The first kappa shape index (κ1) is 15.0. The van der Waals surface area contributed by atoms with Crippen LogP contribution in [0.25, 0.3) is 16.9 Å². The standard InChI is InChI=1S/C16H13ClFN5O/c1-24-14-6-11(19-8-20-14)15-13(5-4-10(17)16(15)18)23-7-12(21-22-23)9-2-3-9/h4-9H,2-3H2,1H3. The predicted octanol–water partition coefficient (Wildman–Crippen LogP) is 3.40. The van der Waals surface area contributed by atoms with E-state index < -0.39 is 5.82 Å². The smallest absolute Gasteiger partial charge is 0.216 e. The molecule has 4 rings (SSSR count). The van der Waals surface area contributed by atoms with Gasteiger partial charge in [-0.2, -0.15) is 0 Å². The number of aromatic nitrogens is 5. The third-order valence-electron chi connectivity index (χ3n) is 3.93. The lowest BCUT2D eigenvalue weighted by Gasteiger charge is -2.11. The van der Waals surface area contributed by atoms with E-state index in [2.05, 4.69) is 20.3 Å². The van der Waals surface area contributed by atoms with Gasteiger partial charge in [-0.1, -0.05) is 16.8 Å². The van der Waals surface area contributed by atoms with Crippen LogP contribution in [0.15, 0.2) is 30.7 Å². The summed E-state index contributed by atoms with van der Waals surface area (Å²) in [6.07, 6.45) is 5.37. The largest absolute Gasteiger partial charge is 0.481 e. The average Bonchev–Trinajstić information content (AvgIpc) is 3.34. The Morgan fingerprint density at radius 3 is 2.88 bits per heavy atom. The van der Waals surface area contributed by atoms with Gasteiger partial charge < -0.3 is 4.74 Å². The van der Waals surface area contributed by atoms with E-state index >= 15 is 0 Å². The topological polar surface area (TPSA) is 65.7 Å². The first-order valence-corrected chi connectivity index (χ1v) is 7.82. The van der Waals surface area contributed by atoms with Crippen LogP contribution in [-0.4, -0.2) is 32.1 Å². The van der Waals surface area contributed by atoms with Gasteiger partial charge in [0, 0.05) is 12.0 Å². The fraction of sp³-hybridized carbons (Fsp3) is 0.250. The second-order valence-corrected chi connectivity index (χ2v) is 5.97. The molecule has 0 unspecified atom stereocenters. The van der Waals surface area contributed by atoms with Crippen LogP contribution in [0.4, 0.5) is 4.39 Å². The Hall–Kier alpha value is -2.54. The van der Waals surface area contributed by atoms with Gasteiger partial charge in [0.05, 0.1) is 41.0 Å². The van der Waals surface area contributed by atoms with E-state index in [0.717, 1.165) is 18.5 Å². The molecule has 0 saturated heterocycles. The molecule has 6 nitrogen and oxygen atoms in total. The zero-order valence-corrected chi connectivity index (χ0v) is 13.5. The molecule has 0 spiro atoms. The summed E-state index contributed by atoms with van der Waals surface area (Å²) in [5.41, 5.74) is 2.02. The van der Waals surface area contributed by atoms with Gasteiger partial charge in [0.15, 0.2) is 5.82 Å². The monoisotopic (exact) mass is 345 g/mol. The molecule has 0 radical (unpaired) electrons. The van der Waals surface area contributed by atoms with Crippen LogP contribution in [-0.2, 0) is 0 Å². The van der Waals surface area contributed by atoms with Crippen molar-refractivity contribution in [2.45, 2.75) is 18.8 Å². The van der Waals surface area contributed by atoms with Crippen LogP contribution < -0.4 is 4.74 Å². The van der Waals surface area contributed by atoms with E-state index in [1.54, 1.807) is 16.8 Å². The summed E-state index contributed by atoms with van der Waals surface area (Å²) < 4.78 is 21.4. The minimum absolute atomic E-state index is 0.00820. The van der Waals surface area contributed by atoms with E-state index in [9.17, 15) is 4.39 Å². The summed E-state index contributed by atoms with van der Waals surface area (Å²) in [5, 5.41) is 8.31. The third-order valence-corrected chi connectivity index (χ3v) is 4.23. The number of benzene rings is 1. The summed E-state index contributed by atoms with van der Waals surface area (Å²) in [4.78, 5) is 8.10. The number of hydrogen-bond donors (Lipinski definition) is 0. The quantitative estimate of drug-likeness (QED) is 0.725. The summed E-state index contributed by atoms with van der Waals surface area (Å²) in [6.45, 7) is 0. The van der Waals surface area contributed by atoms with Crippen molar-refractivity contribution in [3.8, 4) is 22.8 Å². The zero-order chi connectivity index (χ0) is 16.7. The van der Waals surface area contributed by atoms with Gasteiger partial charge in [0.1, 0.15) is 6.33 Å². The lowest BCUT2D eigenvalue weighted by molar-refractivity contribution is 0.397. The summed E-state index contributed by atoms with van der Waals surface area (Å²) in [5.74, 6) is 0.222. The molecule has 122 valence electrons. The Labute approximate surface area is 142 Å². The lowest BCUT2D eigenvalue weighted by atomic mass is 10.1. The number of halogens is 2. The molecule has 1 saturated carbocycles. The van der Waals surface area contributed by atoms with Crippen LogP contribution in [0, 0.1) is 5.82 Å². The third kappa shape index (κ3) is 2.60. The van der Waals surface area contributed by atoms with Crippen LogP contribution in [0.5, 0.6) is 5.88 Å². The van der Waals surface area contributed by atoms with Crippen molar-refractivity contribution in [2.24, 2.45) is 0 Å². The highest BCUT2D eigenvalue weighted by atomic mass is 35.5. The SMILES string of the molecule is COc1cc(-c2c(-n3cc(C4CC4)nn3)ccc(Cl)c2F)ncn1. The van der Waals surface area contributed by atoms with Crippen molar-refractivity contribution in [3.63, 3.8) is 0 Å². The molecule has 1 aromatic carbocycles. The van der Waals surface area contributed by atoms with Gasteiger partial charge >= 0.3 is 0 Å².